The third-order valence-corrected chi connectivity index (χ3v) is 6.16. The molecule has 1 unspecified atom stereocenters. The third-order valence-electron chi connectivity index (χ3n) is 6.16. The Kier molecular flexibility index (Phi) is 7.22. The van der Waals surface area contributed by atoms with Gasteiger partial charge < -0.3 is 20.3 Å². The lowest BCUT2D eigenvalue weighted by atomic mass is 10.00. The van der Waals surface area contributed by atoms with Crippen molar-refractivity contribution in [1.82, 2.24) is 10.2 Å². The number of likely N-dealkylation sites (tertiary alicyclic amines) is 1. The Hall–Kier alpha value is -3.12. The van der Waals surface area contributed by atoms with E-state index in [-0.39, 0.29) is 17.6 Å². The summed E-state index contributed by atoms with van der Waals surface area (Å²) in [6, 6.07) is 15.3. The number of fused-ring (bicyclic) bond motifs is 1. The van der Waals surface area contributed by atoms with Gasteiger partial charge in [-0.05, 0) is 62.1 Å². The van der Waals surface area contributed by atoms with Crippen molar-refractivity contribution in [3.8, 4) is 5.75 Å². The van der Waals surface area contributed by atoms with E-state index in [1.54, 1.807) is 24.3 Å². The van der Waals surface area contributed by atoms with E-state index in [2.05, 4.69) is 22.5 Å². The van der Waals surface area contributed by atoms with Crippen LogP contribution in [0.4, 0.5) is 5.69 Å². The van der Waals surface area contributed by atoms with Crippen LogP contribution in [0.5, 0.6) is 5.75 Å². The summed E-state index contributed by atoms with van der Waals surface area (Å²) in [5, 5.41) is 5.83. The molecule has 6 nitrogen and oxygen atoms in total. The molecule has 168 valence electrons. The molecule has 1 atom stereocenters. The minimum absolute atomic E-state index is 0.140. The van der Waals surface area contributed by atoms with E-state index in [0.29, 0.717) is 29.6 Å². The zero-order valence-electron chi connectivity index (χ0n) is 18.6. The summed E-state index contributed by atoms with van der Waals surface area (Å²) in [4.78, 5) is 27.6. The highest BCUT2D eigenvalue weighted by Gasteiger charge is 2.23. The number of amides is 2. The van der Waals surface area contributed by atoms with E-state index in [0.717, 1.165) is 25.1 Å². The lowest BCUT2D eigenvalue weighted by Gasteiger charge is -2.35. The third kappa shape index (κ3) is 5.37. The molecule has 6 heteroatoms. The van der Waals surface area contributed by atoms with E-state index in [1.165, 1.54) is 25.7 Å². The van der Waals surface area contributed by atoms with Crippen LogP contribution in [-0.2, 0) is 4.79 Å². The molecule has 4 rings (SSSR count). The summed E-state index contributed by atoms with van der Waals surface area (Å²) in [6.07, 6.45) is 7.71. The van der Waals surface area contributed by atoms with Crippen LogP contribution in [0, 0.1) is 0 Å². The van der Waals surface area contributed by atoms with Gasteiger partial charge in [0.25, 0.3) is 11.8 Å². The quantitative estimate of drug-likeness (QED) is 0.500. The topological polar surface area (TPSA) is 70.7 Å². The Labute approximate surface area is 189 Å². The average Bonchev–Trinajstić information content (AvgIpc) is 2.82. The molecular weight excluding hydrogens is 402 g/mol. The molecule has 2 N–H and O–H groups in total. The lowest BCUT2D eigenvalue weighted by Crippen LogP contribution is -2.40. The molecule has 0 aromatic heterocycles. The first-order valence-electron chi connectivity index (χ1n) is 11.6. The maximum absolute atomic E-state index is 12.6. The van der Waals surface area contributed by atoms with Crippen LogP contribution in [0.25, 0.3) is 6.08 Å². The van der Waals surface area contributed by atoms with Gasteiger partial charge in [-0.25, -0.2) is 0 Å². The molecule has 0 bridgehead atoms. The number of carbonyl (C=O) groups excluding carboxylic acids is 2. The molecule has 0 saturated carbocycles. The van der Waals surface area contributed by atoms with Gasteiger partial charge in [0.05, 0.1) is 5.69 Å². The minimum atomic E-state index is -0.328. The van der Waals surface area contributed by atoms with Crippen LogP contribution in [0.3, 0.4) is 0 Å². The van der Waals surface area contributed by atoms with Crippen LogP contribution in [0.2, 0.25) is 0 Å². The summed E-state index contributed by atoms with van der Waals surface area (Å²) < 4.78 is 5.78. The van der Waals surface area contributed by atoms with Crippen molar-refractivity contribution in [2.24, 2.45) is 0 Å². The van der Waals surface area contributed by atoms with Crippen molar-refractivity contribution in [3.05, 3.63) is 65.4 Å². The van der Waals surface area contributed by atoms with Gasteiger partial charge in [0.15, 0.2) is 11.5 Å². The molecule has 1 fully saturated rings. The molecule has 2 amide bonds. The van der Waals surface area contributed by atoms with Crippen LogP contribution in [0.1, 0.15) is 54.9 Å². The minimum Gasteiger partial charge on any atom is -0.449 e. The Balaban J connectivity index is 1.32. The van der Waals surface area contributed by atoms with E-state index in [1.807, 2.05) is 30.3 Å². The number of nitrogens with zero attached hydrogens (tertiary/aromatic N) is 1. The maximum atomic E-state index is 12.6. The number of hydrogen-bond acceptors (Lipinski definition) is 4. The van der Waals surface area contributed by atoms with Crippen molar-refractivity contribution in [2.45, 2.75) is 45.1 Å². The van der Waals surface area contributed by atoms with Crippen LogP contribution < -0.4 is 15.4 Å². The van der Waals surface area contributed by atoms with Crippen molar-refractivity contribution >= 4 is 23.6 Å². The fourth-order valence-electron chi connectivity index (χ4n) is 4.41. The van der Waals surface area contributed by atoms with Crippen LogP contribution in [0.15, 0.2) is 54.3 Å². The Morgan fingerprint density at radius 3 is 2.88 bits per heavy atom. The summed E-state index contributed by atoms with van der Waals surface area (Å²) in [5.74, 6) is 0.285. The maximum Gasteiger partial charge on any atom is 0.291 e. The van der Waals surface area contributed by atoms with Gasteiger partial charge in [-0.15, -0.1) is 0 Å². The number of piperidine rings is 1. The molecule has 2 aromatic carbocycles. The Morgan fingerprint density at radius 1 is 1.22 bits per heavy atom. The zero-order valence-corrected chi connectivity index (χ0v) is 18.6. The molecule has 1 saturated heterocycles. The van der Waals surface area contributed by atoms with Gasteiger partial charge in [0.1, 0.15) is 0 Å². The highest BCUT2D eigenvalue weighted by atomic mass is 16.5. The molecule has 2 heterocycles. The molecule has 2 aromatic rings. The molecule has 0 radical (unpaired) electrons. The fourth-order valence-corrected chi connectivity index (χ4v) is 4.41. The van der Waals surface area contributed by atoms with Gasteiger partial charge in [-0.1, -0.05) is 43.7 Å². The number of anilines is 1. The second kappa shape index (κ2) is 10.5. The van der Waals surface area contributed by atoms with Crippen LogP contribution >= 0.6 is 0 Å². The molecule has 2 aliphatic rings. The second-order valence-electron chi connectivity index (χ2n) is 8.39. The predicted molar refractivity (Wildman–Crippen MR) is 127 cm³/mol. The first-order valence-corrected chi connectivity index (χ1v) is 11.6. The molecule has 2 aliphatic heterocycles. The highest BCUT2D eigenvalue weighted by molar-refractivity contribution is 6.09. The largest absolute Gasteiger partial charge is 0.449 e. The highest BCUT2D eigenvalue weighted by Crippen LogP contribution is 2.32. The molecular formula is C26H31N3O3. The van der Waals surface area contributed by atoms with Gasteiger partial charge in [0, 0.05) is 24.7 Å². The van der Waals surface area contributed by atoms with Gasteiger partial charge in [-0.3, -0.25) is 9.59 Å². The zero-order chi connectivity index (χ0) is 22.3. The summed E-state index contributed by atoms with van der Waals surface area (Å²) in [5.41, 5.74) is 1.89. The number of benzene rings is 2. The van der Waals surface area contributed by atoms with Crippen LogP contribution in [-0.4, -0.2) is 42.4 Å². The number of carbonyl (C=O) groups is 2. The number of nitrogens with one attached hydrogen (secondary N) is 2. The first-order chi connectivity index (χ1) is 15.6. The predicted octanol–water partition coefficient (Wildman–Crippen LogP) is 4.44. The number of hydrogen-bond donors (Lipinski definition) is 2. The van der Waals surface area contributed by atoms with Gasteiger partial charge in [-0.2, -0.15) is 0 Å². The second-order valence-corrected chi connectivity index (χ2v) is 8.39. The van der Waals surface area contributed by atoms with E-state index in [4.69, 9.17) is 4.74 Å². The summed E-state index contributed by atoms with van der Waals surface area (Å²) in [6.45, 7) is 5.07. The smallest absolute Gasteiger partial charge is 0.291 e. The van der Waals surface area contributed by atoms with Crippen molar-refractivity contribution in [2.75, 3.05) is 25.0 Å². The molecule has 32 heavy (non-hydrogen) atoms. The van der Waals surface area contributed by atoms with Gasteiger partial charge >= 0.3 is 0 Å². The molecule has 0 aliphatic carbocycles. The van der Waals surface area contributed by atoms with E-state index < -0.39 is 0 Å². The fraction of sp³-hybridized carbons (Fsp3) is 0.385. The average molecular weight is 434 g/mol. The number of rotatable bonds is 7. The Morgan fingerprint density at radius 2 is 2.06 bits per heavy atom. The number of ether oxygens (including phenoxy) is 1. The first kappa shape index (κ1) is 22.1. The van der Waals surface area contributed by atoms with E-state index >= 15 is 0 Å². The standard InChI is InChI=1S/C26H31N3O3/c1-2-21-11-6-7-15-29(21)16-8-14-27-25(30)20-12-13-23-22(18-20)28-26(31)24(32-23)17-19-9-4-3-5-10-19/h3-5,9-10,12-13,17-18,21H,2,6-8,11,14-16H2,1H3,(H,27,30)(H,28,31)/b24-17+. The normalized spacial score (nSPS) is 19.7. The lowest BCUT2D eigenvalue weighted by molar-refractivity contribution is -0.115. The molecule has 0 spiro atoms. The van der Waals surface area contributed by atoms with Crippen molar-refractivity contribution in [1.29, 1.82) is 0 Å². The Bertz CT molecular complexity index is 987. The monoisotopic (exact) mass is 433 g/mol. The van der Waals surface area contributed by atoms with Crippen molar-refractivity contribution < 1.29 is 14.3 Å². The summed E-state index contributed by atoms with van der Waals surface area (Å²) in [7, 11) is 0. The van der Waals surface area contributed by atoms with E-state index in [9.17, 15) is 9.59 Å². The SMILES string of the molecule is CCC1CCCCN1CCCNC(=O)c1ccc2c(c1)NC(=O)/C(=C\c1ccccc1)O2. The van der Waals surface area contributed by atoms with Crippen molar-refractivity contribution in [3.63, 3.8) is 0 Å². The van der Waals surface area contributed by atoms with Gasteiger partial charge in [0.2, 0.25) is 0 Å². The summed E-state index contributed by atoms with van der Waals surface area (Å²) >= 11 is 0.